The second-order valence-corrected chi connectivity index (χ2v) is 3.87. The van der Waals surface area contributed by atoms with Crippen LogP contribution in [0.15, 0.2) is 30.3 Å². The number of carbonyl (C=O) groups excluding carboxylic acids is 1. The van der Waals surface area contributed by atoms with Crippen LogP contribution >= 0.6 is 0 Å². The fourth-order valence-electron chi connectivity index (χ4n) is 1.53. The highest BCUT2D eigenvalue weighted by Crippen LogP contribution is 2.31. The molecule has 0 fully saturated rings. The molecule has 0 aliphatic carbocycles. The number of carbonyl (C=O) groups is 1. The molecular formula is C13H12N2O4. The Balaban J connectivity index is 2.31. The molecule has 0 atom stereocenters. The minimum absolute atomic E-state index is 0.248. The minimum atomic E-state index is -0.646. The van der Waals surface area contributed by atoms with E-state index in [0.717, 1.165) is 5.56 Å². The molecular weight excluding hydrogens is 248 g/mol. The van der Waals surface area contributed by atoms with Crippen molar-refractivity contribution in [2.24, 2.45) is 0 Å². The van der Waals surface area contributed by atoms with E-state index in [0.29, 0.717) is 6.42 Å². The Bertz CT molecular complexity index is 599. The van der Waals surface area contributed by atoms with Crippen molar-refractivity contribution in [1.82, 2.24) is 9.97 Å². The third kappa shape index (κ3) is 3.19. The van der Waals surface area contributed by atoms with Gasteiger partial charge >= 0.3 is 5.97 Å². The smallest absolute Gasteiger partial charge is 0.309 e. The van der Waals surface area contributed by atoms with Crippen LogP contribution in [0.3, 0.4) is 0 Å². The van der Waals surface area contributed by atoms with E-state index in [9.17, 15) is 15.0 Å². The fraction of sp³-hybridized carbons (Fsp3) is 0.154. The largest absolute Gasteiger partial charge is 0.499 e. The van der Waals surface area contributed by atoms with E-state index in [4.69, 9.17) is 4.74 Å². The van der Waals surface area contributed by atoms with E-state index in [1.165, 1.54) is 6.92 Å². The zero-order chi connectivity index (χ0) is 13.8. The predicted molar refractivity (Wildman–Crippen MR) is 65.9 cm³/mol. The minimum Gasteiger partial charge on any atom is -0.499 e. The number of hydrogen-bond acceptors (Lipinski definition) is 6. The third-order valence-corrected chi connectivity index (χ3v) is 2.33. The Morgan fingerprint density at radius 2 is 1.89 bits per heavy atom. The van der Waals surface area contributed by atoms with Crippen molar-refractivity contribution in [3.8, 4) is 17.5 Å². The molecule has 19 heavy (non-hydrogen) atoms. The van der Waals surface area contributed by atoms with Crippen molar-refractivity contribution >= 4 is 5.97 Å². The van der Waals surface area contributed by atoms with Crippen molar-refractivity contribution in [3.05, 3.63) is 41.7 Å². The maximum absolute atomic E-state index is 10.9. The highest BCUT2D eigenvalue weighted by Gasteiger charge is 2.16. The zero-order valence-electron chi connectivity index (χ0n) is 10.2. The van der Waals surface area contributed by atoms with Gasteiger partial charge in [-0.2, -0.15) is 9.97 Å². The standard InChI is InChI=1S/C13H12N2O4/c1-8(16)19-13-11(17)12(18)14-10(15-13)7-9-5-3-2-4-6-9/h2-6,17H,7H2,1H3,(H,14,15,18). The van der Waals surface area contributed by atoms with Gasteiger partial charge in [0.25, 0.3) is 11.8 Å². The Labute approximate surface area is 109 Å². The van der Waals surface area contributed by atoms with Gasteiger partial charge in [0.2, 0.25) is 5.75 Å². The quantitative estimate of drug-likeness (QED) is 0.810. The fourth-order valence-corrected chi connectivity index (χ4v) is 1.53. The Hall–Kier alpha value is -2.63. The van der Waals surface area contributed by atoms with Gasteiger partial charge in [0.15, 0.2) is 0 Å². The summed E-state index contributed by atoms with van der Waals surface area (Å²) in [7, 11) is 0. The summed E-state index contributed by atoms with van der Waals surface area (Å²) >= 11 is 0. The average molecular weight is 260 g/mol. The van der Waals surface area contributed by atoms with Gasteiger partial charge in [-0.3, -0.25) is 4.79 Å². The summed E-state index contributed by atoms with van der Waals surface area (Å²) in [4.78, 5) is 18.5. The average Bonchev–Trinajstić information content (AvgIpc) is 2.36. The Kier molecular flexibility index (Phi) is 3.61. The van der Waals surface area contributed by atoms with E-state index >= 15 is 0 Å². The van der Waals surface area contributed by atoms with Gasteiger partial charge in [-0.05, 0) is 5.56 Å². The second kappa shape index (κ2) is 5.34. The van der Waals surface area contributed by atoms with Crippen molar-refractivity contribution in [1.29, 1.82) is 0 Å². The van der Waals surface area contributed by atoms with Crippen LogP contribution in [0.2, 0.25) is 0 Å². The highest BCUT2D eigenvalue weighted by atomic mass is 16.5. The van der Waals surface area contributed by atoms with Crippen molar-refractivity contribution in [2.75, 3.05) is 0 Å². The van der Waals surface area contributed by atoms with Crippen molar-refractivity contribution in [3.63, 3.8) is 0 Å². The van der Waals surface area contributed by atoms with E-state index in [-0.39, 0.29) is 11.7 Å². The lowest BCUT2D eigenvalue weighted by molar-refractivity contribution is -0.132. The lowest BCUT2D eigenvalue weighted by Gasteiger charge is -2.07. The molecule has 0 radical (unpaired) electrons. The summed E-state index contributed by atoms with van der Waals surface area (Å²) in [6, 6.07) is 9.35. The Morgan fingerprint density at radius 1 is 1.21 bits per heavy atom. The third-order valence-electron chi connectivity index (χ3n) is 2.33. The van der Waals surface area contributed by atoms with E-state index < -0.39 is 17.6 Å². The zero-order valence-corrected chi connectivity index (χ0v) is 10.2. The number of aromatic hydroxyl groups is 2. The first-order valence-electron chi connectivity index (χ1n) is 5.57. The molecule has 1 heterocycles. The lowest BCUT2D eigenvalue weighted by Crippen LogP contribution is -2.06. The molecule has 1 aromatic carbocycles. The highest BCUT2D eigenvalue weighted by molar-refractivity contribution is 5.69. The van der Waals surface area contributed by atoms with Crippen LogP contribution < -0.4 is 4.74 Å². The number of nitrogens with zero attached hydrogens (tertiary/aromatic N) is 2. The summed E-state index contributed by atoms with van der Waals surface area (Å²) in [6.45, 7) is 1.18. The molecule has 2 N–H and O–H groups in total. The molecule has 0 aliphatic rings. The van der Waals surface area contributed by atoms with Crippen molar-refractivity contribution < 1.29 is 19.7 Å². The molecule has 0 aliphatic heterocycles. The topological polar surface area (TPSA) is 92.5 Å². The van der Waals surface area contributed by atoms with Crippen LogP contribution in [-0.4, -0.2) is 26.2 Å². The summed E-state index contributed by atoms with van der Waals surface area (Å²) < 4.78 is 4.70. The molecule has 0 unspecified atom stereocenters. The summed E-state index contributed by atoms with van der Waals surface area (Å²) in [5, 5.41) is 19.0. The summed E-state index contributed by atoms with van der Waals surface area (Å²) in [5.41, 5.74) is 0.932. The normalized spacial score (nSPS) is 10.2. The van der Waals surface area contributed by atoms with E-state index in [1.807, 2.05) is 30.3 Å². The number of rotatable bonds is 3. The van der Waals surface area contributed by atoms with Gasteiger partial charge < -0.3 is 14.9 Å². The molecule has 0 saturated carbocycles. The van der Waals surface area contributed by atoms with Gasteiger partial charge in [0.1, 0.15) is 5.82 Å². The van der Waals surface area contributed by atoms with E-state index in [1.54, 1.807) is 0 Å². The molecule has 0 saturated heterocycles. The number of esters is 1. The van der Waals surface area contributed by atoms with Crippen molar-refractivity contribution in [2.45, 2.75) is 13.3 Å². The molecule has 98 valence electrons. The molecule has 2 aromatic rings. The maximum atomic E-state index is 10.9. The summed E-state index contributed by atoms with van der Waals surface area (Å²) in [6.07, 6.45) is 0.350. The number of aromatic nitrogens is 2. The molecule has 6 nitrogen and oxygen atoms in total. The molecule has 0 spiro atoms. The van der Waals surface area contributed by atoms with Crippen LogP contribution in [0.25, 0.3) is 0 Å². The molecule has 6 heteroatoms. The van der Waals surface area contributed by atoms with Crippen LogP contribution in [0, 0.1) is 0 Å². The molecule has 1 aromatic heterocycles. The van der Waals surface area contributed by atoms with Gasteiger partial charge in [0.05, 0.1) is 0 Å². The van der Waals surface area contributed by atoms with Gasteiger partial charge in [-0.25, -0.2) is 0 Å². The summed E-state index contributed by atoms with van der Waals surface area (Å²) in [5.74, 6) is -1.99. The first-order valence-corrected chi connectivity index (χ1v) is 5.57. The number of ether oxygens (including phenoxy) is 1. The van der Waals surface area contributed by atoms with Crippen LogP contribution in [0.4, 0.5) is 0 Å². The number of benzene rings is 1. The van der Waals surface area contributed by atoms with Crippen LogP contribution in [0.1, 0.15) is 18.3 Å². The second-order valence-electron chi connectivity index (χ2n) is 3.87. The predicted octanol–water partition coefficient (Wildman–Crippen LogP) is 1.40. The Morgan fingerprint density at radius 3 is 2.53 bits per heavy atom. The molecule has 0 amide bonds. The monoisotopic (exact) mass is 260 g/mol. The SMILES string of the molecule is CC(=O)Oc1nc(Cc2ccccc2)nc(O)c1O. The molecule has 0 bridgehead atoms. The molecule has 2 rings (SSSR count). The van der Waals surface area contributed by atoms with Crippen LogP contribution in [-0.2, 0) is 11.2 Å². The van der Waals surface area contributed by atoms with Gasteiger partial charge in [-0.1, -0.05) is 30.3 Å². The maximum Gasteiger partial charge on any atom is 0.309 e. The number of hydrogen-bond donors (Lipinski definition) is 2. The first-order chi connectivity index (χ1) is 9.06. The van der Waals surface area contributed by atoms with Crippen LogP contribution in [0.5, 0.6) is 17.5 Å². The first kappa shape index (κ1) is 12.8. The lowest BCUT2D eigenvalue weighted by atomic mass is 10.1. The van der Waals surface area contributed by atoms with Gasteiger partial charge in [-0.15, -0.1) is 0 Å². The van der Waals surface area contributed by atoms with Gasteiger partial charge in [0, 0.05) is 13.3 Å². The van der Waals surface area contributed by atoms with E-state index in [2.05, 4.69) is 9.97 Å².